The van der Waals surface area contributed by atoms with Gasteiger partial charge in [-0.2, -0.15) is 9.97 Å². The Balaban J connectivity index is 1.24. The monoisotopic (exact) mass is 679 g/mol. The Kier molecular flexibility index (Phi) is 6.23. The van der Waals surface area contributed by atoms with Gasteiger partial charge >= 0.3 is 0 Å². The Morgan fingerprint density at radius 1 is 0.434 bits per heavy atom. The molecule has 0 saturated carbocycles. The molecule has 5 heteroatoms. The van der Waals surface area contributed by atoms with Crippen molar-refractivity contribution in [3.63, 3.8) is 0 Å². The molecule has 0 radical (unpaired) electrons. The summed E-state index contributed by atoms with van der Waals surface area (Å²) in [6.45, 7) is 4.69. The zero-order valence-electron chi connectivity index (χ0n) is 29.3. The number of rotatable bonds is 4. The summed E-state index contributed by atoms with van der Waals surface area (Å²) in [6, 6.07) is 58.1. The minimum atomic E-state index is -0.105. The van der Waals surface area contributed by atoms with Crippen LogP contribution in [0.5, 0.6) is 0 Å². The van der Waals surface area contributed by atoms with E-state index in [1.807, 2.05) is 36.4 Å². The number of para-hydroxylation sites is 2. The minimum Gasteiger partial charge on any atom is -0.309 e. The van der Waals surface area contributed by atoms with Gasteiger partial charge in [0.05, 0.1) is 22.1 Å². The van der Waals surface area contributed by atoms with Crippen molar-refractivity contribution in [1.82, 2.24) is 24.1 Å². The van der Waals surface area contributed by atoms with Gasteiger partial charge in [0.2, 0.25) is 5.95 Å². The van der Waals surface area contributed by atoms with E-state index in [0.29, 0.717) is 17.6 Å². The molecule has 0 bridgehead atoms. The van der Waals surface area contributed by atoms with Crippen molar-refractivity contribution in [2.24, 2.45) is 0 Å². The molecule has 5 nitrogen and oxygen atoms in total. The molecule has 0 atom stereocenters. The quantitative estimate of drug-likeness (QED) is 0.186. The first-order chi connectivity index (χ1) is 26.1. The fourth-order valence-electron chi connectivity index (χ4n) is 8.72. The van der Waals surface area contributed by atoms with Gasteiger partial charge in [-0.25, -0.2) is 4.98 Å². The van der Waals surface area contributed by atoms with Gasteiger partial charge in [0.15, 0.2) is 11.6 Å². The first-order valence-corrected chi connectivity index (χ1v) is 18.1. The van der Waals surface area contributed by atoms with Crippen LogP contribution in [0, 0.1) is 0 Å². The number of benzene rings is 7. The third-order valence-electron chi connectivity index (χ3n) is 11.2. The van der Waals surface area contributed by atoms with Crippen LogP contribution in [0.4, 0.5) is 0 Å². The summed E-state index contributed by atoms with van der Waals surface area (Å²) in [5, 5.41) is 4.66. The number of fused-ring (bicyclic) bond motifs is 10. The van der Waals surface area contributed by atoms with E-state index in [9.17, 15) is 0 Å². The highest BCUT2D eigenvalue weighted by molar-refractivity contribution is 6.26. The second kappa shape index (κ2) is 11.1. The lowest BCUT2D eigenvalue weighted by Crippen LogP contribution is -2.15. The number of nitrogens with zero attached hydrogens (tertiary/aromatic N) is 5. The third-order valence-corrected chi connectivity index (χ3v) is 11.2. The fourth-order valence-corrected chi connectivity index (χ4v) is 8.72. The highest BCUT2D eigenvalue weighted by Crippen LogP contribution is 2.50. The summed E-state index contributed by atoms with van der Waals surface area (Å²) >= 11 is 0. The number of aromatic nitrogens is 5. The van der Waals surface area contributed by atoms with Crippen molar-refractivity contribution in [3.05, 3.63) is 175 Å². The maximum atomic E-state index is 5.23. The molecular weight excluding hydrogens is 647 g/mol. The van der Waals surface area contributed by atoms with Gasteiger partial charge in [0.1, 0.15) is 0 Å². The van der Waals surface area contributed by atoms with Crippen LogP contribution in [0.2, 0.25) is 0 Å². The van der Waals surface area contributed by atoms with Crippen LogP contribution in [-0.4, -0.2) is 24.1 Å². The molecule has 0 aliphatic heterocycles. The topological polar surface area (TPSA) is 48.5 Å². The maximum Gasteiger partial charge on any atom is 0.238 e. The van der Waals surface area contributed by atoms with Crippen LogP contribution < -0.4 is 0 Å². The maximum absolute atomic E-state index is 5.23. The molecule has 0 N–H and O–H groups in total. The first kappa shape index (κ1) is 29.8. The van der Waals surface area contributed by atoms with E-state index in [1.165, 1.54) is 33.0 Å². The molecule has 11 rings (SSSR count). The summed E-state index contributed by atoms with van der Waals surface area (Å²) in [4.78, 5) is 15.5. The van der Waals surface area contributed by atoms with E-state index in [-0.39, 0.29) is 5.41 Å². The average molecular weight is 680 g/mol. The molecule has 1 aliphatic rings. The molecule has 10 aromatic rings. The van der Waals surface area contributed by atoms with E-state index in [0.717, 1.165) is 49.7 Å². The molecule has 7 aromatic carbocycles. The van der Waals surface area contributed by atoms with Crippen LogP contribution in [0.3, 0.4) is 0 Å². The normalized spacial score (nSPS) is 13.2. The lowest BCUT2D eigenvalue weighted by Gasteiger charge is -2.22. The predicted molar refractivity (Wildman–Crippen MR) is 217 cm³/mol. The van der Waals surface area contributed by atoms with Crippen molar-refractivity contribution in [2.45, 2.75) is 19.3 Å². The molecule has 250 valence electrons. The lowest BCUT2D eigenvalue weighted by atomic mass is 9.82. The highest BCUT2D eigenvalue weighted by atomic mass is 15.2. The van der Waals surface area contributed by atoms with Gasteiger partial charge in [-0.15, -0.1) is 0 Å². The standard InChI is InChI=1S/C48H33N5/c1-48(2)38-22-12-9-19-33(38)34-26-25-32(29-39(34)48)52-41-24-14-11-21-37(41)43-42(52)28-27-36-35-20-10-13-23-40(35)53(44(36)43)47-50-45(30-15-5-3-6-16-30)49-46(51-47)31-17-7-4-8-18-31/h3-29H,1-2H3. The molecule has 0 unspecified atom stereocenters. The molecule has 0 spiro atoms. The average Bonchev–Trinajstić information content (AvgIpc) is 3.81. The van der Waals surface area contributed by atoms with Gasteiger partial charge in [0.25, 0.3) is 0 Å². The van der Waals surface area contributed by atoms with Crippen molar-refractivity contribution in [3.8, 4) is 45.5 Å². The van der Waals surface area contributed by atoms with E-state index < -0.39 is 0 Å². The molecule has 0 saturated heterocycles. The second-order valence-electron chi connectivity index (χ2n) is 14.5. The van der Waals surface area contributed by atoms with Crippen LogP contribution >= 0.6 is 0 Å². The Labute approximate surface area is 306 Å². The summed E-state index contributed by atoms with van der Waals surface area (Å²) in [6.07, 6.45) is 0. The summed E-state index contributed by atoms with van der Waals surface area (Å²) < 4.78 is 4.69. The third kappa shape index (κ3) is 4.28. The molecule has 1 aliphatic carbocycles. The van der Waals surface area contributed by atoms with Crippen LogP contribution in [0.1, 0.15) is 25.0 Å². The Bertz CT molecular complexity index is 3020. The molecule has 53 heavy (non-hydrogen) atoms. The molecule has 0 fully saturated rings. The minimum absolute atomic E-state index is 0.105. The summed E-state index contributed by atoms with van der Waals surface area (Å²) in [7, 11) is 0. The fraction of sp³-hybridized carbons (Fsp3) is 0.0625. The second-order valence-corrected chi connectivity index (χ2v) is 14.5. The van der Waals surface area contributed by atoms with Gasteiger partial charge in [-0.3, -0.25) is 4.57 Å². The van der Waals surface area contributed by atoms with Crippen molar-refractivity contribution >= 4 is 43.6 Å². The van der Waals surface area contributed by atoms with Gasteiger partial charge in [-0.1, -0.05) is 147 Å². The SMILES string of the molecule is CC1(C)c2ccccc2-c2ccc(-n3c4ccccc4c4c3ccc3c5ccccc5n(-c5nc(-c6ccccc6)nc(-c6ccccc6)n5)c34)cc21. The van der Waals surface area contributed by atoms with Gasteiger partial charge in [0, 0.05) is 43.8 Å². The zero-order valence-corrected chi connectivity index (χ0v) is 29.3. The van der Waals surface area contributed by atoms with Crippen molar-refractivity contribution in [1.29, 1.82) is 0 Å². The van der Waals surface area contributed by atoms with Crippen molar-refractivity contribution < 1.29 is 0 Å². The van der Waals surface area contributed by atoms with E-state index in [2.05, 4.69) is 150 Å². The molecule has 3 aromatic heterocycles. The van der Waals surface area contributed by atoms with Crippen LogP contribution in [0.25, 0.3) is 89.2 Å². The van der Waals surface area contributed by atoms with E-state index >= 15 is 0 Å². The zero-order chi connectivity index (χ0) is 35.3. The summed E-state index contributed by atoms with van der Waals surface area (Å²) in [5.74, 6) is 1.86. The Hall–Kier alpha value is -6.85. The van der Waals surface area contributed by atoms with Gasteiger partial charge in [-0.05, 0) is 52.6 Å². The largest absolute Gasteiger partial charge is 0.309 e. The molecule has 0 amide bonds. The van der Waals surface area contributed by atoms with Crippen LogP contribution in [0.15, 0.2) is 164 Å². The molecule has 3 heterocycles. The smallest absolute Gasteiger partial charge is 0.238 e. The van der Waals surface area contributed by atoms with E-state index in [4.69, 9.17) is 15.0 Å². The highest BCUT2D eigenvalue weighted by Gasteiger charge is 2.35. The van der Waals surface area contributed by atoms with E-state index in [1.54, 1.807) is 0 Å². The molecular formula is C48H33N5. The number of hydrogen-bond acceptors (Lipinski definition) is 3. The Morgan fingerprint density at radius 3 is 1.74 bits per heavy atom. The lowest BCUT2D eigenvalue weighted by molar-refractivity contribution is 0.660. The van der Waals surface area contributed by atoms with Gasteiger partial charge < -0.3 is 4.57 Å². The van der Waals surface area contributed by atoms with Crippen LogP contribution in [-0.2, 0) is 5.41 Å². The summed E-state index contributed by atoms with van der Waals surface area (Å²) in [5.41, 5.74) is 12.7. The Morgan fingerprint density at radius 2 is 1.02 bits per heavy atom. The number of hydrogen-bond donors (Lipinski definition) is 0. The predicted octanol–water partition coefficient (Wildman–Crippen LogP) is 11.7. The van der Waals surface area contributed by atoms with Crippen molar-refractivity contribution in [2.75, 3.05) is 0 Å². The first-order valence-electron chi connectivity index (χ1n) is 18.1.